The standard InChI is InChI=1S/C20H16FN9/c1-12-24-15(11-17(25-12)26-14-5-2-4-13(21)10-14)19-20(27-16-7-9-22-29-16)28-18-6-3-8-23-30(18)19/h2-11H,1H3,(H2,22,27,29)(H,24,25,26). The van der Waals surface area contributed by atoms with E-state index in [2.05, 4.69) is 40.9 Å². The monoisotopic (exact) mass is 401 g/mol. The largest absolute Gasteiger partial charge is 0.340 e. The number of nitrogens with one attached hydrogen (secondary N) is 3. The summed E-state index contributed by atoms with van der Waals surface area (Å²) in [6, 6.07) is 13.4. The number of imidazole rings is 1. The zero-order valence-corrected chi connectivity index (χ0v) is 15.8. The second-order valence-corrected chi connectivity index (χ2v) is 6.51. The van der Waals surface area contributed by atoms with Crippen LogP contribution >= 0.6 is 0 Å². The highest BCUT2D eigenvalue weighted by atomic mass is 19.1. The van der Waals surface area contributed by atoms with E-state index in [0.29, 0.717) is 46.0 Å². The molecule has 10 heteroatoms. The van der Waals surface area contributed by atoms with Crippen LogP contribution < -0.4 is 10.6 Å². The van der Waals surface area contributed by atoms with Crippen molar-refractivity contribution in [3.05, 3.63) is 72.6 Å². The molecule has 9 nitrogen and oxygen atoms in total. The van der Waals surface area contributed by atoms with Crippen LogP contribution in [0.5, 0.6) is 0 Å². The molecule has 0 bridgehead atoms. The molecule has 0 fully saturated rings. The van der Waals surface area contributed by atoms with E-state index < -0.39 is 0 Å². The molecule has 0 amide bonds. The van der Waals surface area contributed by atoms with Gasteiger partial charge in [0.25, 0.3) is 0 Å². The molecule has 3 N–H and O–H groups in total. The molecule has 5 rings (SSSR count). The summed E-state index contributed by atoms with van der Waals surface area (Å²) in [5.41, 5.74) is 2.50. The molecule has 0 spiro atoms. The quantitative estimate of drug-likeness (QED) is 0.410. The number of halogens is 1. The Kier molecular flexibility index (Phi) is 4.28. The van der Waals surface area contributed by atoms with Crippen LogP contribution in [0.1, 0.15) is 5.82 Å². The highest BCUT2D eigenvalue weighted by Gasteiger charge is 2.18. The smallest absolute Gasteiger partial charge is 0.162 e. The second kappa shape index (κ2) is 7.24. The van der Waals surface area contributed by atoms with E-state index in [0.717, 1.165) is 0 Å². The summed E-state index contributed by atoms with van der Waals surface area (Å²) >= 11 is 0. The summed E-state index contributed by atoms with van der Waals surface area (Å²) in [4.78, 5) is 13.6. The first-order valence-corrected chi connectivity index (χ1v) is 9.15. The number of fused-ring (bicyclic) bond motifs is 1. The average molecular weight is 401 g/mol. The van der Waals surface area contributed by atoms with Crippen LogP contribution in [0, 0.1) is 12.7 Å². The molecular weight excluding hydrogens is 385 g/mol. The van der Waals surface area contributed by atoms with E-state index in [4.69, 9.17) is 0 Å². The zero-order chi connectivity index (χ0) is 20.5. The van der Waals surface area contributed by atoms with E-state index in [1.54, 1.807) is 48.1 Å². The number of rotatable bonds is 5. The maximum Gasteiger partial charge on any atom is 0.162 e. The number of nitrogens with zero attached hydrogens (tertiary/aromatic N) is 6. The molecule has 30 heavy (non-hydrogen) atoms. The first-order chi connectivity index (χ1) is 14.7. The van der Waals surface area contributed by atoms with E-state index in [9.17, 15) is 4.39 Å². The fraction of sp³-hybridized carbons (Fsp3) is 0.0500. The molecule has 148 valence electrons. The third-order valence-corrected chi connectivity index (χ3v) is 4.32. The number of aryl methyl sites for hydroxylation is 1. The van der Waals surface area contributed by atoms with Gasteiger partial charge < -0.3 is 10.6 Å². The van der Waals surface area contributed by atoms with E-state index in [1.807, 2.05) is 12.1 Å². The van der Waals surface area contributed by atoms with Gasteiger partial charge in [-0.15, -0.1) is 0 Å². The number of benzene rings is 1. The van der Waals surface area contributed by atoms with Crippen molar-refractivity contribution in [1.29, 1.82) is 0 Å². The minimum Gasteiger partial charge on any atom is -0.340 e. The molecule has 0 radical (unpaired) electrons. The van der Waals surface area contributed by atoms with Crippen molar-refractivity contribution < 1.29 is 4.39 Å². The minimum atomic E-state index is -0.331. The number of aromatic nitrogens is 7. The van der Waals surface area contributed by atoms with Gasteiger partial charge in [-0.2, -0.15) is 10.2 Å². The maximum absolute atomic E-state index is 13.6. The van der Waals surface area contributed by atoms with Crippen LogP contribution in [0.15, 0.2) is 60.9 Å². The summed E-state index contributed by atoms with van der Waals surface area (Å²) < 4.78 is 15.2. The molecule has 4 aromatic heterocycles. The fourth-order valence-electron chi connectivity index (χ4n) is 3.12. The summed E-state index contributed by atoms with van der Waals surface area (Å²) in [5.74, 6) is 1.91. The second-order valence-electron chi connectivity index (χ2n) is 6.51. The van der Waals surface area contributed by atoms with Crippen molar-refractivity contribution in [3.63, 3.8) is 0 Å². The van der Waals surface area contributed by atoms with Gasteiger partial charge in [-0.05, 0) is 37.3 Å². The van der Waals surface area contributed by atoms with Crippen LogP contribution in [0.25, 0.3) is 17.0 Å². The summed E-state index contributed by atoms with van der Waals surface area (Å²) in [5, 5.41) is 17.6. The molecule has 1 aromatic carbocycles. The summed E-state index contributed by atoms with van der Waals surface area (Å²) in [6.07, 6.45) is 3.39. The number of anilines is 4. The Morgan fingerprint density at radius 1 is 0.967 bits per heavy atom. The van der Waals surface area contributed by atoms with Crippen molar-refractivity contribution >= 4 is 28.8 Å². The van der Waals surface area contributed by atoms with Gasteiger partial charge in [0.2, 0.25) is 0 Å². The van der Waals surface area contributed by atoms with E-state index >= 15 is 0 Å². The zero-order valence-electron chi connectivity index (χ0n) is 15.8. The molecule has 0 aliphatic heterocycles. The van der Waals surface area contributed by atoms with Crippen LogP contribution in [-0.4, -0.2) is 34.8 Å². The Labute approximate surface area is 170 Å². The highest BCUT2D eigenvalue weighted by molar-refractivity contribution is 5.78. The lowest BCUT2D eigenvalue weighted by Gasteiger charge is -2.10. The van der Waals surface area contributed by atoms with Crippen LogP contribution in [0.3, 0.4) is 0 Å². The summed E-state index contributed by atoms with van der Waals surface area (Å²) in [7, 11) is 0. The molecule has 0 saturated heterocycles. The van der Waals surface area contributed by atoms with Crippen LogP contribution in [0.4, 0.5) is 27.5 Å². The third kappa shape index (κ3) is 3.41. The van der Waals surface area contributed by atoms with E-state index in [-0.39, 0.29) is 5.82 Å². The van der Waals surface area contributed by atoms with Gasteiger partial charge in [0, 0.05) is 30.2 Å². The Balaban J connectivity index is 1.62. The first-order valence-electron chi connectivity index (χ1n) is 9.15. The average Bonchev–Trinajstić information content (AvgIpc) is 3.35. The van der Waals surface area contributed by atoms with Gasteiger partial charge in [0.15, 0.2) is 17.3 Å². The lowest BCUT2D eigenvalue weighted by atomic mass is 10.2. The van der Waals surface area contributed by atoms with Crippen molar-refractivity contribution in [1.82, 2.24) is 34.8 Å². The maximum atomic E-state index is 13.6. The lowest BCUT2D eigenvalue weighted by molar-refractivity contribution is 0.628. The molecule has 5 aromatic rings. The van der Waals surface area contributed by atoms with Gasteiger partial charge in [-0.1, -0.05) is 6.07 Å². The fourth-order valence-corrected chi connectivity index (χ4v) is 3.12. The van der Waals surface area contributed by atoms with Crippen molar-refractivity contribution in [2.45, 2.75) is 6.92 Å². The molecule has 0 aliphatic carbocycles. The van der Waals surface area contributed by atoms with Gasteiger partial charge in [-0.25, -0.2) is 23.9 Å². The number of H-pyrrole nitrogens is 1. The van der Waals surface area contributed by atoms with Crippen molar-refractivity contribution in [2.75, 3.05) is 10.6 Å². The summed E-state index contributed by atoms with van der Waals surface area (Å²) in [6.45, 7) is 1.79. The Bertz CT molecular complexity index is 1330. The Morgan fingerprint density at radius 2 is 1.90 bits per heavy atom. The molecule has 4 heterocycles. The van der Waals surface area contributed by atoms with Gasteiger partial charge in [0.05, 0.1) is 5.69 Å². The van der Waals surface area contributed by atoms with Crippen LogP contribution in [0.2, 0.25) is 0 Å². The van der Waals surface area contributed by atoms with Crippen molar-refractivity contribution in [3.8, 4) is 11.4 Å². The predicted molar refractivity (Wildman–Crippen MR) is 110 cm³/mol. The van der Waals surface area contributed by atoms with Crippen molar-refractivity contribution in [2.24, 2.45) is 0 Å². The molecule has 0 unspecified atom stereocenters. The van der Waals surface area contributed by atoms with Gasteiger partial charge >= 0.3 is 0 Å². The SMILES string of the molecule is Cc1nc(Nc2cccc(F)c2)cc(-c2c(Nc3cc[nH]n3)nc3cccnn23)n1. The topological polar surface area (TPSA) is 109 Å². The highest BCUT2D eigenvalue weighted by Crippen LogP contribution is 2.30. The van der Waals surface area contributed by atoms with Crippen LogP contribution in [-0.2, 0) is 0 Å². The molecule has 0 atom stereocenters. The number of hydrogen-bond donors (Lipinski definition) is 3. The number of aromatic amines is 1. The van der Waals surface area contributed by atoms with Gasteiger partial charge in [0.1, 0.15) is 23.2 Å². The normalized spacial score (nSPS) is 11.0. The number of hydrogen-bond acceptors (Lipinski definition) is 7. The van der Waals surface area contributed by atoms with E-state index in [1.165, 1.54) is 12.1 Å². The molecule has 0 saturated carbocycles. The predicted octanol–water partition coefficient (Wildman–Crippen LogP) is 3.84. The molecular formula is C20H16FN9. The Hall–Kier alpha value is -4.34. The first kappa shape index (κ1) is 17.7. The van der Waals surface area contributed by atoms with Gasteiger partial charge in [-0.3, -0.25) is 5.10 Å². The molecule has 0 aliphatic rings. The Morgan fingerprint density at radius 3 is 2.73 bits per heavy atom. The lowest BCUT2D eigenvalue weighted by Crippen LogP contribution is -2.03. The third-order valence-electron chi connectivity index (χ3n) is 4.32. The minimum absolute atomic E-state index is 0.331.